The lowest BCUT2D eigenvalue weighted by molar-refractivity contribution is 0.459. The second-order valence-electron chi connectivity index (χ2n) is 6.54. The van der Waals surface area contributed by atoms with Gasteiger partial charge in [-0.1, -0.05) is 48.5 Å². The summed E-state index contributed by atoms with van der Waals surface area (Å²) in [7, 11) is 0. The lowest BCUT2D eigenvalue weighted by Gasteiger charge is -2.26. The largest absolute Gasteiger partial charge is 0.306 e. The Labute approximate surface area is 127 Å². The van der Waals surface area contributed by atoms with Crippen LogP contribution in [0.4, 0.5) is 0 Å². The van der Waals surface area contributed by atoms with Gasteiger partial charge in [-0.05, 0) is 60.3 Å². The molecular weight excluding hydrogens is 254 g/mol. The van der Waals surface area contributed by atoms with Gasteiger partial charge in [0, 0.05) is 12.6 Å². The molecule has 1 fully saturated rings. The first-order valence-corrected chi connectivity index (χ1v) is 8.30. The highest BCUT2D eigenvalue weighted by molar-refractivity contribution is 5.33. The van der Waals surface area contributed by atoms with Crippen molar-refractivity contribution in [1.29, 1.82) is 0 Å². The van der Waals surface area contributed by atoms with Crippen molar-refractivity contribution in [1.82, 2.24) is 5.32 Å². The molecule has 0 aromatic heterocycles. The molecule has 1 nitrogen and oxygen atoms in total. The maximum absolute atomic E-state index is 3.78. The highest BCUT2D eigenvalue weighted by Crippen LogP contribution is 2.40. The molecule has 2 aromatic carbocycles. The maximum atomic E-state index is 3.78. The molecule has 0 spiro atoms. The Kier molecular flexibility index (Phi) is 3.52. The quantitative estimate of drug-likeness (QED) is 0.851. The fourth-order valence-electron chi connectivity index (χ4n) is 3.58. The van der Waals surface area contributed by atoms with Gasteiger partial charge in [0.2, 0.25) is 0 Å². The zero-order valence-electron chi connectivity index (χ0n) is 12.5. The number of aryl methyl sites for hydroxylation is 1. The molecule has 1 heteroatoms. The number of benzene rings is 2. The third-order valence-corrected chi connectivity index (χ3v) is 4.92. The van der Waals surface area contributed by atoms with Crippen LogP contribution in [0.5, 0.6) is 0 Å². The van der Waals surface area contributed by atoms with Gasteiger partial charge < -0.3 is 5.32 Å². The van der Waals surface area contributed by atoms with Gasteiger partial charge in [-0.2, -0.15) is 0 Å². The lowest BCUT2D eigenvalue weighted by atomic mass is 9.87. The first-order valence-electron chi connectivity index (χ1n) is 8.30. The lowest BCUT2D eigenvalue weighted by Crippen LogP contribution is -2.24. The van der Waals surface area contributed by atoms with Crippen LogP contribution in [0, 0.1) is 0 Å². The van der Waals surface area contributed by atoms with E-state index in [0.29, 0.717) is 6.04 Å². The van der Waals surface area contributed by atoms with Gasteiger partial charge in [-0.3, -0.25) is 0 Å². The van der Waals surface area contributed by atoms with Crippen molar-refractivity contribution >= 4 is 0 Å². The molecular formula is C20H23N. The maximum Gasteiger partial charge on any atom is 0.0326 e. The highest BCUT2D eigenvalue weighted by Gasteiger charge is 2.23. The van der Waals surface area contributed by atoms with E-state index in [1.165, 1.54) is 48.8 Å². The molecule has 1 saturated carbocycles. The standard InChI is InChI=1S/C20H23N/c1-2-9-19-17(6-1)7-4-10-20(19)21-14-15-5-3-8-18(13-15)16-11-12-16/h1-3,5-6,8-9,13,16,20-21H,4,7,10-12,14H2. The van der Waals surface area contributed by atoms with Crippen LogP contribution in [0.15, 0.2) is 48.5 Å². The van der Waals surface area contributed by atoms with Crippen molar-refractivity contribution in [3.63, 3.8) is 0 Å². The van der Waals surface area contributed by atoms with E-state index in [2.05, 4.69) is 53.8 Å². The van der Waals surface area contributed by atoms with Crippen molar-refractivity contribution in [3.05, 3.63) is 70.8 Å². The van der Waals surface area contributed by atoms with Crippen LogP contribution >= 0.6 is 0 Å². The normalized spacial score (nSPS) is 21.0. The van der Waals surface area contributed by atoms with Crippen molar-refractivity contribution in [2.45, 2.75) is 50.6 Å². The zero-order chi connectivity index (χ0) is 14.1. The molecule has 0 heterocycles. The zero-order valence-corrected chi connectivity index (χ0v) is 12.5. The average molecular weight is 277 g/mol. The molecule has 2 aromatic rings. The van der Waals surface area contributed by atoms with Gasteiger partial charge in [0.05, 0.1) is 0 Å². The smallest absolute Gasteiger partial charge is 0.0326 e. The number of hydrogen-bond acceptors (Lipinski definition) is 1. The summed E-state index contributed by atoms with van der Waals surface area (Å²) < 4.78 is 0. The molecule has 0 saturated heterocycles. The molecule has 1 unspecified atom stereocenters. The van der Waals surface area contributed by atoms with Gasteiger partial charge in [0.1, 0.15) is 0 Å². The Hall–Kier alpha value is -1.60. The molecule has 2 aliphatic rings. The van der Waals surface area contributed by atoms with Crippen LogP contribution in [0.1, 0.15) is 59.9 Å². The number of rotatable bonds is 4. The molecule has 1 atom stereocenters. The van der Waals surface area contributed by atoms with Gasteiger partial charge in [-0.15, -0.1) is 0 Å². The van der Waals surface area contributed by atoms with Crippen LogP contribution in [-0.4, -0.2) is 0 Å². The Morgan fingerprint density at radius 2 is 1.86 bits per heavy atom. The molecule has 4 rings (SSSR count). The van der Waals surface area contributed by atoms with E-state index in [-0.39, 0.29) is 0 Å². The minimum absolute atomic E-state index is 0.527. The summed E-state index contributed by atoms with van der Waals surface area (Å²) in [5, 5.41) is 3.78. The Bertz CT molecular complexity index is 627. The second-order valence-corrected chi connectivity index (χ2v) is 6.54. The molecule has 1 N–H and O–H groups in total. The summed E-state index contributed by atoms with van der Waals surface area (Å²) in [5.41, 5.74) is 6.02. The molecule has 0 bridgehead atoms. The van der Waals surface area contributed by atoms with Gasteiger partial charge >= 0.3 is 0 Å². The van der Waals surface area contributed by atoms with Crippen LogP contribution < -0.4 is 5.32 Å². The van der Waals surface area contributed by atoms with Crippen LogP contribution in [0.25, 0.3) is 0 Å². The topological polar surface area (TPSA) is 12.0 Å². The van der Waals surface area contributed by atoms with E-state index in [4.69, 9.17) is 0 Å². The molecule has 0 amide bonds. The molecule has 0 aliphatic heterocycles. The molecule has 0 radical (unpaired) electrons. The minimum atomic E-state index is 0.527. The predicted octanol–water partition coefficient (Wildman–Crippen LogP) is 4.73. The summed E-state index contributed by atoms with van der Waals surface area (Å²) in [6, 6.07) is 18.6. The summed E-state index contributed by atoms with van der Waals surface area (Å²) >= 11 is 0. The summed E-state index contributed by atoms with van der Waals surface area (Å²) in [6.45, 7) is 0.986. The number of hydrogen-bond donors (Lipinski definition) is 1. The third-order valence-electron chi connectivity index (χ3n) is 4.92. The summed E-state index contributed by atoms with van der Waals surface area (Å²) in [6.07, 6.45) is 6.57. The Morgan fingerprint density at radius 3 is 2.76 bits per heavy atom. The van der Waals surface area contributed by atoms with E-state index in [9.17, 15) is 0 Å². The first kappa shape index (κ1) is 13.1. The Balaban J connectivity index is 1.46. The van der Waals surface area contributed by atoms with Crippen LogP contribution in [0.3, 0.4) is 0 Å². The fourth-order valence-corrected chi connectivity index (χ4v) is 3.58. The van der Waals surface area contributed by atoms with E-state index < -0.39 is 0 Å². The minimum Gasteiger partial charge on any atom is -0.306 e. The van der Waals surface area contributed by atoms with E-state index in [0.717, 1.165) is 12.5 Å². The van der Waals surface area contributed by atoms with Crippen molar-refractivity contribution in [3.8, 4) is 0 Å². The fraction of sp³-hybridized carbons (Fsp3) is 0.400. The van der Waals surface area contributed by atoms with Crippen LogP contribution in [-0.2, 0) is 13.0 Å². The molecule has 108 valence electrons. The predicted molar refractivity (Wildman–Crippen MR) is 87.4 cm³/mol. The van der Waals surface area contributed by atoms with Gasteiger partial charge in [-0.25, -0.2) is 0 Å². The van der Waals surface area contributed by atoms with Crippen molar-refractivity contribution in [2.24, 2.45) is 0 Å². The van der Waals surface area contributed by atoms with E-state index in [1.807, 2.05) is 0 Å². The second kappa shape index (κ2) is 5.65. The van der Waals surface area contributed by atoms with E-state index in [1.54, 1.807) is 5.56 Å². The van der Waals surface area contributed by atoms with Crippen LogP contribution in [0.2, 0.25) is 0 Å². The van der Waals surface area contributed by atoms with E-state index >= 15 is 0 Å². The van der Waals surface area contributed by atoms with Gasteiger partial charge in [0.15, 0.2) is 0 Å². The van der Waals surface area contributed by atoms with Crippen molar-refractivity contribution in [2.75, 3.05) is 0 Å². The highest BCUT2D eigenvalue weighted by atomic mass is 14.9. The molecule has 2 aliphatic carbocycles. The SMILES string of the molecule is c1cc(CNC2CCCc3ccccc32)cc(C2CC2)c1. The molecule has 21 heavy (non-hydrogen) atoms. The van der Waals surface area contributed by atoms with Crippen molar-refractivity contribution < 1.29 is 0 Å². The average Bonchev–Trinajstić information content (AvgIpc) is 3.38. The third kappa shape index (κ3) is 2.89. The summed E-state index contributed by atoms with van der Waals surface area (Å²) in [4.78, 5) is 0. The Morgan fingerprint density at radius 1 is 0.952 bits per heavy atom. The first-order chi connectivity index (χ1) is 10.4. The monoisotopic (exact) mass is 277 g/mol. The summed E-state index contributed by atoms with van der Waals surface area (Å²) in [5.74, 6) is 0.848. The number of fused-ring (bicyclic) bond motifs is 1. The van der Waals surface area contributed by atoms with Gasteiger partial charge in [0.25, 0.3) is 0 Å². The number of nitrogens with one attached hydrogen (secondary N) is 1.